The molecular weight excluding hydrogens is 639 g/mol. The van der Waals surface area contributed by atoms with Crippen molar-refractivity contribution in [1.82, 2.24) is 4.90 Å². The number of amides is 1. The smallest absolute Gasteiger partial charge is 0.227 e. The van der Waals surface area contributed by atoms with Crippen LogP contribution in [-0.4, -0.2) is 69.7 Å². The van der Waals surface area contributed by atoms with Crippen molar-refractivity contribution in [2.24, 2.45) is 11.8 Å². The summed E-state index contributed by atoms with van der Waals surface area (Å²) < 4.78 is 17.3. The number of benzene rings is 3. The number of fused-ring (bicyclic) bond motifs is 1. The van der Waals surface area contributed by atoms with Gasteiger partial charge < -0.3 is 24.4 Å². The number of methoxy groups -OCH3 is 1. The average molecular weight is 709 g/mol. The molecule has 2 unspecified atom stereocenters. The van der Waals surface area contributed by atoms with Crippen LogP contribution < -0.4 is 4.90 Å². The molecular formula is C44H69FN2O4. The summed E-state index contributed by atoms with van der Waals surface area (Å²) >= 11 is 0. The van der Waals surface area contributed by atoms with Gasteiger partial charge in [0.2, 0.25) is 5.91 Å². The second-order valence-corrected chi connectivity index (χ2v) is 13.3. The summed E-state index contributed by atoms with van der Waals surface area (Å²) in [6.45, 7) is 18.1. The first-order valence-corrected chi connectivity index (χ1v) is 18.7. The Morgan fingerprint density at radius 3 is 2.00 bits per heavy atom. The molecule has 0 aromatic heterocycles. The lowest BCUT2D eigenvalue weighted by Crippen LogP contribution is -2.39. The highest BCUT2D eigenvalue weighted by molar-refractivity contribution is 5.80. The van der Waals surface area contributed by atoms with E-state index in [9.17, 15) is 14.0 Å². The standard InChI is InChI=1S/C20H31FN2O.C10H12.C8H10.C3H6O.C2H6O.CH4O/c1-4-12-22(13-10-16(3)5-2)20(24)17-11-14-23(15-17)19-8-6-18(21)7-9-19;1-8-5-6-9-3-2-4-10(9)7-8;1-7-4-3-5-8(2)6-7;1-2-3-4;1-3-2;1-2/h6-9,16-17H,4-5,10-15H2,1-3H3;5-7H,2-4H2,1H3;3-6H,1-2H3;3H,2H2,1H3;1-2H3;2H,1H3. The number of aliphatic hydroxyl groups excluding tert-OH is 1. The molecule has 1 N–H and O–H groups in total. The molecule has 3 aromatic carbocycles. The number of carbonyl (C=O) groups excluding carboxylic acids is 2. The van der Waals surface area contributed by atoms with Crippen LogP contribution in [-0.2, 0) is 27.2 Å². The molecule has 1 aliphatic heterocycles. The number of aryl methyl sites for hydroxylation is 5. The molecule has 5 rings (SSSR count). The third-order valence-electron chi connectivity index (χ3n) is 8.72. The number of hydrogen-bond acceptors (Lipinski definition) is 5. The van der Waals surface area contributed by atoms with E-state index < -0.39 is 0 Å². The van der Waals surface area contributed by atoms with Gasteiger partial charge >= 0.3 is 0 Å². The van der Waals surface area contributed by atoms with Crippen molar-refractivity contribution in [3.8, 4) is 0 Å². The Hall–Kier alpha value is -3.55. The fourth-order valence-corrected chi connectivity index (χ4v) is 5.80. The van der Waals surface area contributed by atoms with Crippen LogP contribution in [0.4, 0.5) is 10.1 Å². The molecule has 0 bridgehead atoms. The average Bonchev–Trinajstić information content (AvgIpc) is 3.82. The van der Waals surface area contributed by atoms with E-state index in [1.165, 1.54) is 48.1 Å². The summed E-state index contributed by atoms with van der Waals surface area (Å²) in [6, 6.07) is 21.8. The van der Waals surface area contributed by atoms with Gasteiger partial charge in [0, 0.05) is 59.6 Å². The van der Waals surface area contributed by atoms with E-state index in [0.29, 0.717) is 18.2 Å². The van der Waals surface area contributed by atoms with Crippen LogP contribution >= 0.6 is 0 Å². The minimum Gasteiger partial charge on any atom is -0.400 e. The number of rotatable bonds is 9. The molecule has 1 amide bonds. The second kappa shape index (κ2) is 29.1. The Bertz CT molecular complexity index is 1310. The number of aldehydes is 1. The maximum absolute atomic E-state index is 13.1. The van der Waals surface area contributed by atoms with Gasteiger partial charge in [0.25, 0.3) is 0 Å². The Morgan fingerprint density at radius 1 is 0.922 bits per heavy atom. The molecule has 2 aliphatic rings. The molecule has 0 saturated carbocycles. The quantitative estimate of drug-likeness (QED) is 0.224. The molecule has 1 fully saturated rings. The number of nitrogens with zero attached hydrogens (tertiary/aromatic N) is 2. The number of hydrogen-bond donors (Lipinski definition) is 1. The summed E-state index contributed by atoms with van der Waals surface area (Å²) in [5, 5.41) is 7.00. The van der Waals surface area contributed by atoms with Crippen molar-refractivity contribution >= 4 is 17.9 Å². The maximum atomic E-state index is 13.1. The summed E-state index contributed by atoms with van der Waals surface area (Å²) in [5.74, 6) is 0.810. The summed E-state index contributed by atoms with van der Waals surface area (Å²) in [4.78, 5) is 26.3. The zero-order valence-electron chi connectivity index (χ0n) is 33.5. The summed E-state index contributed by atoms with van der Waals surface area (Å²) in [6.07, 6.45) is 9.61. The van der Waals surface area contributed by atoms with E-state index in [1.807, 2.05) is 6.92 Å². The van der Waals surface area contributed by atoms with E-state index in [0.717, 1.165) is 70.9 Å². The van der Waals surface area contributed by atoms with Crippen LogP contribution in [0.25, 0.3) is 0 Å². The van der Waals surface area contributed by atoms with Gasteiger partial charge in [-0.2, -0.15) is 0 Å². The van der Waals surface area contributed by atoms with Gasteiger partial charge in [-0.05, 0) is 101 Å². The van der Waals surface area contributed by atoms with Gasteiger partial charge in [0.1, 0.15) is 12.1 Å². The van der Waals surface area contributed by atoms with Crippen molar-refractivity contribution in [2.45, 2.75) is 99.8 Å². The number of carbonyl (C=O) groups is 2. The third-order valence-corrected chi connectivity index (χ3v) is 8.72. The van der Waals surface area contributed by atoms with E-state index in [1.54, 1.807) is 37.5 Å². The molecule has 1 heterocycles. The highest BCUT2D eigenvalue weighted by Crippen LogP contribution is 2.26. The number of anilines is 1. The largest absolute Gasteiger partial charge is 0.400 e. The number of halogens is 1. The van der Waals surface area contributed by atoms with Gasteiger partial charge in [-0.15, -0.1) is 0 Å². The maximum Gasteiger partial charge on any atom is 0.227 e. The Labute approximate surface area is 310 Å². The topological polar surface area (TPSA) is 70.1 Å². The third kappa shape index (κ3) is 20.2. The molecule has 3 aromatic rings. The molecule has 7 heteroatoms. The molecule has 51 heavy (non-hydrogen) atoms. The van der Waals surface area contributed by atoms with Crippen molar-refractivity contribution in [1.29, 1.82) is 0 Å². The van der Waals surface area contributed by atoms with Crippen LogP contribution in [0.2, 0.25) is 0 Å². The van der Waals surface area contributed by atoms with Crippen LogP contribution in [0, 0.1) is 38.4 Å². The van der Waals surface area contributed by atoms with Crippen LogP contribution in [0.15, 0.2) is 66.7 Å². The first-order chi connectivity index (χ1) is 24.5. The molecule has 286 valence electrons. The van der Waals surface area contributed by atoms with E-state index in [-0.39, 0.29) is 11.7 Å². The van der Waals surface area contributed by atoms with Crippen molar-refractivity contribution in [3.63, 3.8) is 0 Å². The Kier molecular flexibility index (Phi) is 27.0. The lowest BCUT2D eigenvalue weighted by molar-refractivity contribution is -0.135. The van der Waals surface area contributed by atoms with Gasteiger partial charge in [-0.3, -0.25) is 4.79 Å². The second-order valence-electron chi connectivity index (χ2n) is 13.3. The molecule has 2 atom stereocenters. The van der Waals surface area contributed by atoms with Crippen molar-refractivity contribution < 1.29 is 23.8 Å². The highest BCUT2D eigenvalue weighted by atomic mass is 19.1. The molecule has 0 spiro atoms. The van der Waals surface area contributed by atoms with Crippen molar-refractivity contribution in [3.05, 3.63) is 100 Å². The highest BCUT2D eigenvalue weighted by Gasteiger charge is 2.31. The van der Waals surface area contributed by atoms with Gasteiger partial charge in [-0.25, -0.2) is 4.39 Å². The van der Waals surface area contributed by atoms with Gasteiger partial charge in [0.05, 0.1) is 5.92 Å². The number of ether oxygens (including phenoxy) is 1. The summed E-state index contributed by atoms with van der Waals surface area (Å²) in [7, 11) is 4.25. The van der Waals surface area contributed by atoms with Gasteiger partial charge in [0.15, 0.2) is 0 Å². The van der Waals surface area contributed by atoms with Crippen molar-refractivity contribution in [2.75, 3.05) is 52.4 Å². The van der Waals surface area contributed by atoms with Crippen LogP contribution in [0.5, 0.6) is 0 Å². The zero-order chi connectivity index (χ0) is 38.6. The fraction of sp³-hybridized carbons (Fsp3) is 0.545. The summed E-state index contributed by atoms with van der Waals surface area (Å²) in [5.41, 5.74) is 8.24. The predicted molar refractivity (Wildman–Crippen MR) is 214 cm³/mol. The monoisotopic (exact) mass is 709 g/mol. The normalized spacial score (nSPS) is 14.2. The first-order valence-electron chi connectivity index (χ1n) is 18.7. The molecule has 0 radical (unpaired) electrons. The molecule has 1 saturated heterocycles. The minimum absolute atomic E-state index is 0.0681. The first kappa shape index (κ1) is 47.4. The number of aliphatic hydroxyl groups is 1. The van der Waals surface area contributed by atoms with Crippen LogP contribution in [0.1, 0.15) is 94.0 Å². The van der Waals surface area contributed by atoms with E-state index in [4.69, 9.17) is 5.11 Å². The van der Waals surface area contributed by atoms with E-state index in [2.05, 4.69) is 98.5 Å². The van der Waals surface area contributed by atoms with Gasteiger partial charge in [-0.1, -0.05) is 93.3 Å². The molecule has 6 nitrogen and oxygen atoms in total. The fourth-order valence-electron chi connectivity index (χ4n) is 5.80. The lowest BCUT2D eigenvalue weighted by atomic mass is 10.0. The Morgan fingerprint density at radius 2 is 1.49 bits per heavy atom. The van der Waals surface area contributed by atoms with Crippen LogP contribution in [0.3, 0.4) is 0 Å². The Balaban J connectivity index is 0.000000753. The zero-order valence-corrected chi connectivity index (χ0v) is 33.5. The van der Waals surface area contributed by atoms with E-state index >= 15 is 0 Å². The minimum atomic E-state index is -0.218. The lowest BCUT2D eigenvalue weighted by Gasteiger charge is -2.27. The SMILES string of the molecule is CCC=O.CCCN(CCC(C)CC)C(=O)C1CCN(c2ccc(F)cc2)C1.CO.COC.Cc1ccc2c(c1)CCC2.Cc1cccc(C)c1. The predicted octanol–water partition coefficient (Wildman–Crippen LogP) is 9.58. The molecule has 1 aliphatic carbocycles.